The van der Waals surface area contributed by atoms with Crippen LogP contribution in [-0.2, 0) is 14.4 Å². The molecule has 10 nitrogen and oxygen atoms in total. The van der Waals surface area contributed by atoms with Crippen molar-refractivity contribution in [3.05, 3.63) is 29.8 Å². The summed E-state index contributed by atoms with van der Waals surface area (Å²) in [6.07, 6.45) is 4.10. The van der Waals surface area contributed by atoms with Gasteiger partial charge in [-0.3, -0.25) is 14.4 Å². The molecule has 0 aliphatic carbocycles. The molecule has 5 N–H and O–H groups in total. The van der Waals surface area contributed by atoms with Gasteiger partial charge in [0.05, 0.1) is 18.6 Å². The lowest BCUT2D eigenvalue weighted by Crippen LogP contribution is -2.61. The normalized spacial score (nSPS) is 23.5. The van der Waals surface area contributed by atoms with Gasteiger partial charge in [-0.15, -0.1) is 0 Å². The minimum Gasteiger partial charge on any atom is -0.491 e. The third kappa shape index (κ3) is 6.96. The molecule has 4 atom stereocenters. The topological polar surface area (TPSA) is 137 Å². The lowest BCUT2D eigenvalue weighted by molar-refractivity contribution is -0.149. The number of aliphatic hydroxyl groups is 1. The summed E-state index contributed by atoms with van der Waals surface area (Å²) in [5.41, 5.74) is 6.35. The van der Waals surface area contributed by atoms with E-state index >= 15 is 0 Å². The minimum absolute atomic E-state index is 0.121. The van der Waals surface area contributed by atoms with E-state index < -0.39 is 24.0 Å². The Bertz CT molecular complexity index is 895. The van der Waals surface area contributed by atoms with Gasteiger partial charge >= 0.3 is 0 Å². The second-order valence-electron chi connectivity index (χ2n) is 9.84. The Balaban J connectivity index is 1.83. The van der Waals surface area contributed by atoms with Crippen molar-refractivity contribution >= 4 is 17.7 Å². The number of carbonyl (C=O) groups excluding carboxylic acids is 3. The maximum Gasteiger partial charge on any atom is 0.246 e. The van der Waals surface area contributed by atoms with Crippen molar-refractivity contribution in [2.45, 2.75) is 56.7 Å². The second kappa shape index (κ2) is 13.6. The molecule has 200 valence electrons. The van der Waals surface area contributed by atoms with Gasteiger partial charge in [-0.25, -0.2) is 0 Å². The number of fused-ring (bicyclic) bond motifs is 1. The highest BCUT2D eigenvalue weighted by molar-refractivity contribution is 5.99. The summed E-state index contributed by atoms with van der Waals surface area (Å²) in [6, 6.07) is 5.34. The summed E-state index contributed by atoms with van der Waals surface area (Å²) in [5, 5.41) is 15.0. The number of carbonyl (C=O) groups is 3. The van der Waals surface area contributed by atoms with Gasteiger partial charge in [-0.1, -0.05) is 12.1 Å². The molecule has 3 amide bonds. The van der Waals surface area contributed by atoms with Crippen molar-refractivity contribution in [3.63, 3.8) is 0 Å². The van der Waals surface area contributed by atoms with Crippen molar-refractivity contribution in [2.75, 3.05) is 46.9 Å². The number of ether oxygens (including phenoxy) is 1. The molecular formula is C26H41N5O5. The van der Waals surface area contributed by atoms with E-state index in [1.165, 1.54) is 0 Å². The summed E-state index contributed by atoms with van der Waals surface area (Å²) >= 11 is 0. The van der Waals surface area contributed by atoms with Crippen LogP contribution in [0.5, 0.6) is 5.75 Å². The highest BCUT2D eigenvalue weighted by Gasteiger charge is 2.54. The zero-order valence-electron chi connectivity index (χ0n) is 21.4. The molecule has 0 saturated carbocycles. The molecule has 10 heteroatoms. The zero-order chi connectivity index (χ0) is 26.1. The van der Waals surface area contributed by atoms with Gasteiger partial charge in [-0.2, -0.15) is 0 Å². The van der Waals surface area contributed by atoms with Gasteiger partial charge in [0.1, 0.15) is 24.4 Å². The fourth-order valence-electron chi connectivity index (χ4n) is 5.08. The second-order valence-corrected chi connectivity index (χ2v) is 9.84. The van der Waals surface area contributed by atoms with Crippen molar-refractivity contribution in [1.82, 2.24) is 20.4 Å². The Morgan fingerprint density at radius 3 is 2.78 bits per heavy atom. The van der Waals surface area contributed by atoms with E-state index in [2.05, 4.69) is 15.5 Å². The molecule has 0 radical (unpaired) electrons. The SMILES string of the molecule is CN(C)CCCCNC(=O)[C@H]1C[C@H]2C(=O)N[C@@H](CCCCN)C(=O)N2[C@H]1c1cccc(OCCO)c1. The molecule has 2 aliphatic heterocycles. The van der Waals surface area contributed by atoms with Crippen molar-refractivity contribution in [3.8, 4) is 5.75 Å². The Hall–Kier alpha value is -2.69. The number of nitrogens with one attached hydrogen (secondary N) is 2. The summed E-state index contributed by atoms with van der Waals surface area (Å²) in [6.45, 7) is 2.04. The van der Waals surface area contributed by atoms with E-state index in [0.717, 1.165) is 37.8 Å². The Labute approximate surface area is 213 Å². The van der Waals surface area contributed by atoms with Gasteiger partial charge in [-0.05, 0) is 83.4 Å². The first-order valence-corrected chi connectivity index (χ1v) is 13.0. The largest absolute Gasteiger partial charge is 0.491 e. The van der Waals surface area contributed by atoms with Gasteiger partial charge in [0, 0.05) is 6.54 Å². The van der Waals surface area contributed by atoms with E-state index in [0.29, 0.717) is 25.3 Å². The van der Waals surface area contributed by atoms with Crippen LogP contribution in [0.25, 0.3) is 0 Å². The third-order valence-corrected chi connectivity index (χ3v) is 6.84. The first-order valence-electron chi connectivity index (χ1n) is 13.0. The number of piperazine rings is 1. The van der Waals surface area contributed by atoms with Crippen LogP contribution in [0.4, 0.5) is 0 Å². The number of unbranched alkanes of at least 4 members (excludes halogenated alkanes) is 2. The Morgan fingerprint density at radius 1 is 1.25 bits per heavy atom. The smallest absolute Gasteiger partial charge is 0.246 e. The number of amides is 3. The van der Waals surface area contributed by atoms with Crippen LogP contribution in [0.1, 0.15) is 50.1 Å². The molecule has 2 aliphatic rings. The number of hydrogen-bond acceptors (Lipinski definition) is 7. The van der Waals surface area contributed by atoms with Crippen LogP contribution in [0, 0.1) is 5.92 Å². The van der Waals surface area contributed by atoms with Gasteiger partial charge in [0.15, 0.2) is 0 Å². The van der Waals surface area contributed by atoms with Gasteiger partial charge in [0.25, 0.3) is 0 Å². The lowest BCUT2D eigenvalue weighted by atomic mass is 9.92. The first-order chi connectivity index (χ1) is 17.4. The van der Waals surface area contributed by atoms with Crippen molar-refractivity contribution in [2.24, 2.45) is 11.7 Å². The highest BCUT2D eigenvalue weighted by Crippen LogP contribution is 2.44. The van der Waals surface area contributed by atoms with Crippen molar-refractivity contribution < 1.29 is 24.2 Å². The fourth-order valence-corrected chi connectivity index (χ4v) is 5.08. The molecule has 0 spiro atoms. The Morgan fingerprint density at radius 2 is 2.06 bits per heavy atom. The molecular weight excluding hydrogens is 462 g/mol. The van der Waals surface area contributed by atoms with E-state index in [1.807, 2.05) is 20.2 Å². The summed E-state index contributed by atoms with van der Waals surface area (Å²) in [7, 11) is 4.03. The zero-order valence-corrected chi connectivity index (χ0v) is 21.4. The maximum absolute atomic E-state index is 13.6. The van der Waals surface area contributed by atoms with Crippen LogP contribution in [-0.4, -0.2) is 91.7 Å². The molecule has 0 aromatic heterocycles. The minimum atomic E-state index is -0.695. The fraction of sp³-hybridized carbons (Fsp3) is 0.654. The average molecular weight is 504 g/mol. The quantitative estimate of drug-likeness (QED) is 0.270. The van der Waals surface area contributed by atoms with Crippen LogP contribution >= 0.6 is 0 Å². The molecule has 2 fully saturated rings. The van der Waals surface area contributed by atoms with E-state index in [9.17, 15) is 14.4 Å². The number of benzene rings is 1. The molecule has 2 heterocycles. The number of rotatable bonds is 14. The maximum atomic E-state index is 13.6. The summed E-state index contributed by atoms with van der Waals surface area (Å²) < 4.78 is 5.58. The Kier molecular flexibility index (Phi) is 10.5. The number of nitrogens with two attached hydrogens (primary N) is 1. The molecule has 36 heavy (non-hydrogen) atoms. The van der Waals surface area contributed by atoms with Crippen molar-refractivity contribution in [1.29, 1.82) is 0 Å². The van der Waals surface area contributed by atoms with Gasteiger partial charge < -0.3 is 36.0 Å². The molecule has 2 saturated heterocycles. The number of aliphatic hydroxyl groups excluding tert-OH is 1. The molecule has 0 unspecified atom stereocenters. The standard InChI is InChI=1S/C26H41N5O5/c1-30(2)13-6-5-12-28-24(33)20-17-22-25(34)29-21(10-3-4-11-27)26(35)31(22)23(20)18-8-7-9-19(16-18)36-15-14-32/h7-9,16,20-23,32H,3-6,10-15,17,27H2,1-2H3,(H,28,33)(H,29,34)/t20-,21-,22-,23-/m0/s1. The average Bonchev–Trinajstić information content (AvgIpc) is 3.27. The van der Waals surface area contributed by atoms with Crippen LogP contribution in [0.2, 0.25) is 0 Å². The number of nitrogens with zero attached hydrogens (tertiary/aromatic N) is 2. The van der Waals surface area contributed by atoms with Crippen LogP contribution in [0.3, 0.4) is 0 Å². The predicted molar refractivity (Wildman–Crippen MR) is 136 cm³/mol. The summed E-state index contributed by atoms with van der Waals surface area (Å²) in [5.74, 6) is -0.548. The molecule has 3 rings (SSSR count). The van der Waals surface area contributed by atoms with E-state index in [4.69, 9.17) is 15.6 Å². The van der Waals surface area contributed by atoms with Crippen LogP contribution in [0.15, 0.2) is 24.3 Å². The lowest BCUT2D eigenvalue weighted by Gasteiger charge is -2.38. The van der Waals surface area contributed by atoms with Gasteiger partial charge in [0.2, 0.25) is 17.7 Å². The third-order valence-electron chi connectivity index (χ3n) is 6.84. The summed E-state index contributed by atoms with van der Waals surface area (Å²) in [4.78, 5) is 43.7. The predicted octanol–water partition coefficient (Wildman–Crippen LogP) is 0.401. The van der Waals surface area contributed by atoms with E-state index in [-0.39, 0.29) is 37.4 Å². The highest BCUT2D eigenvalue weighted by atomic mass is 16.5. The first kappa shape index (κ1) is 27.9. The number of hydrogen-bond donors (Lipinski definition) is 4. The van der Waals surface area contributed by atoms with Crippen LogP contribution < -0.4 is 21.1 Å². The molecule has 1 aromatic rings. The molecule has 0 bridgehead atoms. The monoisotopic (exact) mass is 503 g/mol. The molecule has 1 aromatic carbocycles. The van der Waals surface area contributed by atoms with E-state index in [1.54, 1.807) is 23.1 Å².